The van der Waals surface area contributed by atoms with Crippen LogP contribution in [0.25, 0.3) is 0 Å². The zero-order valence-electron chi connectivity index (χ0n) is 10.8. The fourth-order valence-corrected chi connectivity index (χ4v) is 2.38. The van der Waals surface area contributed by atoms with Crippen LogP contribution in [0.15, 0.2) is 0 Å². The Hall–Kier alpha value is -0.570. The lowest BCUT2D eigenvalue weighted by Crippen LogP contribution is -2.49. The van der Waals surface area contributed by atoms with Crippen molar-refractivity contribution < 1.29 is 4.79 Å². The number of hydrogen-bond donors (Lipinski definition) is 2. The van der Waals surface area contributed by atoms with E-state index in [4.69, 9.17) is 5.73 Å². The normalized spacial score (nSPS) is 21.8. The SMILES string of the molecule is CC(C)C(N)C(=O)NC(C)C1CCCCC1. The first-order valence-electron chi connectivity index (χ1n) is 6.58. The summed E-state index contributed by atoms with van der Waals surface area (Å²) < 4.78 is 0. The van der Waals surface area contributed by atoms with Gasteiger partial charge in [-0.05, 0) is 31.6 Å². The van der Waals surface area contributed by atoms with Gasteiger partial charge in [-0.15, -0.1) is 0 Å². The topological polar surface area (TPSA) is 55.1 Å². The molecule has 1 fully saturated rings. The Morgan fingerprint density at radius 1 is 1.19 bits per heavy atom. The van der Waals surface area contributed by atoms with Crippen molar-refractivity contribution in [3.63, 3.8) is 0 Å². The van der Waals surface area contributed by atoms with Gasteiger partial charge in [0.15, 0.2) is 0 Å². The number of nitrogens with two attached hydrogens (primary N) is 1. The molecule has 2 unspecified atom stereocenters. The van der Waals surface area contributed by atoms with Crippen LogP contribution in [0, 0.1) is 11.8 Å². The second-order valence-electron chi connectivity index (χ2n) is 5.47. The zero-order chi connectivity index (χ0) is 12.1. The van der Waals surface area contributed by atoms with Gasteiger partial charge < -0.3 is 11.1 Å². The number of rotatable bonds is 4. The average molecular weight is 226 g/mol. The number of nitrogens with one attached hydrogen (secondary N) is 1. The first kappa shape index (κ1) is 13.5. The highest BCUT2D eigenvalue weighted by atomic mass is 16.2. The van der Waals surface area contributed by atoms with Gasteiger partial charge >= 0.3 is 0 Å². The molecule has 1 aliphatic rings. The van der Waals surface area contributed by atoms with E-state index >= 15 is 0 Å². The highest BCUT2D eigenvalue weighted by Crippen LogP contribution is 2.26. The number of carbonyl (C=O) groups is 1. The minimum Gasteiger partial charge on any atom is -0.352 e. The van der Waals surface area contributed by atoms with Gasteiger partial charge in [0, 0.05) is 6.04 Å². The fourth-order valence-electron chi connectivity index (χ4n) is 2.38. The van der Waals surface area contributed by atoms with Gasteiger partial charge in [0.2, 0.25) is 5.91 Å². The molecule has 94 valence electrons. The van der Waals surface area contributed by atoms with E-state index in [-0.39, 0.29) is 23.9 Å². The van der Waals surface area contributed by atoms with E-state index in [2.05, 4.69) is 12.2 Å². The van der Waals surface area contributed by atoms with Crippen molar-refractivity contribution in [2.24, 2.45) is 17.6 Å². The Balaban J connectivity index is 2.37. The second-order valence-corrected chi connectivity index (χ2v) is 5.47. The Bertz CT molecular complexity index is 222. The van der Waals surface area contributed by atoms with E-state index < -0.39 is 0 Å². The molecule has 2 atom stereocenters. The van der Waals surface area contributed by atoms with Crippen molar-refractivity contribution in [2.45, 2.75) is 65.0 Å². The molecular weight excluding hydrogens is 200 g/mol. The largest absolute Gasteiger partial charge is 0.352 e. The molecule has 0 saturated heterocycles. The lowest BCUT2D eigenvalue weighted by molar-refractivity contribution is -0.124. The van der Waals surface area contributed by atoms with Crippen LogP contribution in [0.4, 0.5) is 0 Å². The van der Waals surface area contributed by atoms with Crippen LogP contribution >= 0.6 is 0 Å². The minimum atomic E-state index is -0.369. The van der Waals surface area contributed by atoms with Crippen LogP contribution in [0.2, 0.25) is 0 Å². The Morgan fingerprint density at radius 2 is 1.75 bits per heavy atom. The maximum Gasteiger partial charge on any atom is 0.237 e. The first-order valence-corrected chi connectivity index (χ1v) is 6.58. The molecule has 0 radical (unpaired) electrons. The third kappa shape index (κ3) is 3.78. The van der Waals surface area contributed by atoms with Gasteiger partial charge in [0.25, 0.3) is 0 Å². The summed E-state index contributed by atoms with van der Waals surface area (Å²) in [6, 6.07) is -0.0939. The molecule has 1 aliphatic carbocycles. The summed E-state index contributed by atoms with van der Waals surface area (Å²) in [5, 5.41) is 3.07. The van der Waals surface area contributed by atoms with Gasteiger partial charge in [-0.3, -0.25) is 4.79 Å². The van der Waals surface area contributed by atoms with E-state index in [0.717, 1.165) is 0 Å². The van der Waals surface area contributed by atoms with Gasteiger partial charge in [0.05, 0.1) is 6.04 Å². The molecular formula is C13H26N2O. The molecule has 3 nitrogen and oxygen atoms in total. The van der Waals surface area contributed by atoms with Crippen LogP contribution in [-0.4, -0.2) is 18.0 Å². The van der Waals surface area contributed by atoms with E-state index in [1.165, 1.54) is 32.1 Å². The molecule has 0 aromatic carbocycles. The predicted molar refractivity (Wildman–Crippen MR) is 67.0 cm³/mol. The van der Waals surface area contributed by atoms with E-state index in [9.17, 15) is 4.79 Å². The zero-order valence-corrected chi connectivity index (χ0v) is 10.8. The molecule has 3 N–H and O–H groups in total. The molecule has 3 heteroatoms. The van der Waals surface area contributed by atoms with E-state index in [0.29, 0.717) is 5.92 Å². The van der Waals surface area contributed by atoms with Crippen LogP contribution in [0.5, 0.6) is 0 Å². The quantitative estimate of drug-likeness (QED) is 0.771. The summed E-state index contributed by atoms with van der Waals surface area (Å²) in [5.74, 6) is 0.865. The molecule has 1 saturated carbocycles. The minimum absolute atomic E-state index is 0.00748. The molecule has 0 heterocycles. The number of amides is 1. The summed E-state index contributed by atoms with van der Waals surface area (Å²) >= 11 is 0. The summed E-state index contributed by atoms with van der Waals surface area (Å²) in [6.45, 7) is 6.08. The smallest absolute Gasteiger partial charge is 0.237 e. The van der Waals surface area contributed by atoms with Crippen molar-refractivity contribution >= 4 is 5.91 Å². The predicted octanol–water partition coefficient (Wildman–Crippen LogP) is 2.05. The molecule has 0 spiro atoms. The maximum absolute atomic E-state index is 11.8. The maximum atomic E-state index is 11.8. The van der Waals surface area contributed by atoms with Crippen molar-refractivity contribution in [1.82, 2.24) is 5.32 Å². The lowest BCUT2D eigenvalue weighted by atomic mass is 9.84. The summed E-state index contributed by atoms with van der Waals surface area (Å²) in [5.41, 5.74) is 5.83. The standard InChI is InChI=1S/C13H26N2O/c1-9(2)12(14)13(16)15-10(3)11-7-5-4-6-8-11/h9-12H,4-8,14H2,1-3H3,(H,15,16). The lowest BCUT2D eigenvalue weighted by Gasteiger charge is -2.29. The molecule has 1 amide bonds. The van der Waals surface area contributed by atoms with Crippen LogP contribution in [-0.2, 0) is 4.79 Å². The van der Waals surface area contributed by atoms with Crippen LogP contribution < -0.4 is 11.1 Å². The highest BCUT2D eigenvalue weighted by molar-refractivity contribution is 5.81. The summed E-state index contributed by atoms with van der Waals surface area (Å²) in [6.07, 6.45) is 6.46. The number of carbonyl (C=O) groups excluding carboxylic acids is 1. The third-order valence-corrected chi connectivity index (χ3v) is 3.75. The molecule has 0 aromatic rings. The van der Waals surface area contributed by atoms with Crippen molar-refractivity contribution in [1.29, 1.82) is 0 Å². The van der Waals surface area contributed by atoms with Crippen LogP contribution in [0.3, 0.4) is 0 Å². The molecule has 0 aromatic heterocycles. The second kappa shape index (κ2) is 6.24. The van der Waals surface area contributed by atoms with Crippen molar-refractivity contribution in [3.8, 4) is 0 Å². The van der Waals surface area contributed by atoms with Gasteiger partial charge in [-0.2, -0.15) is 0 Å². The van der Waals surface area contributed by atoms with E-state index in [1.807, 2.05) is 13.8 Å². The molecule has 16 heavy (non-hydrogen) atoms. The van der Waals surface area contributed by atoms with Gasteiger partial charge in [-0.1, -0.05) is 33.1 Å². The van der Waals surface area contributed by atoms with Gasteiger partial charge in [-0.25, -0.2) is 0 Å². The molecule has 0 bridgehead atoms. The highest BCUT2D eigenvalue weighted by Gasteiger charge is 2.24. The average Bonchev–Trinajstić information content (AvgIpc) is 2.28. The van der Waals surface area contributed by atoms with Gasteiger partial charge in [0.1, 0.15) is 0 Å². The fraction of sp³-hybridized carbons (Fsp3) is 0.923. The summed E-state index contributed by atoms with van der Waals surface area (Å²) in [7, 11) is 0. The summed E-state index contributed by atoms with van der Waals surface area (Å²) in [4.78, 5) is 11.8. The Morgan fingerprint density at radius 3 is 2.25 bits per heavy atom. The van der Waals surface area contributed by atoms with Crippen molar-refractivity contribution in [2.75, 3.05) is 0 Å². The number of hydrogen-bond acceptors (Lipinski definition) is 2. The first-order chi connectivity index (χ1) is 7.52. The third-order valence-electron chi connectivity index (χ3n) is 3.75. The monoisotopic (exact) mass is 226 g/mol. The Kier molecular flexibility index (Phi) is 5.26. The van der Waals surface area contributed by atoms with Crippen LogP contribution in [0.1, 0.15) is 52.9 Å². The van der Waals surface area contributed by atoms with Crippen molar-refractivity contribution in [3.05, 3.63) is 0 Å². The van der Waals surface area contributed by atoms with E-state index in [1.54, 1.807) is 0 Å². The molecule has 0 aliphatic heterocycles. The molecule has 1 rings (SSSR count). The Labute approximate surface area is 99.2 Å².